The average Bonchev–Trinajstić information content (AvgIpc) is 2.38. The van der Waals surface area contributed by atoms with Crippen LogP contribution in [0.2, 0.25) is 0 Å². The standard InChI is InChI=1S/C15H21IN2/c1-12(2)11-15(18-9-7-17-8-10-18)13-5-3-4-6-14(13)16/h3-6,15,17H,1,7-11H2,2H3/t15-/m0/s1. The normalized spacial score (nSPS) is 18.6. The number of rotatable bonds is 4. The third-order valence-electron chi connectivity index (χ3n) is 3.40. The van der Waals surface area contributed by atoms with E-state index in [2.05, 4.69) is 70.6 Å². The Kier molecular flexibility index (Phi) is 5.21. The molecule has 0 amide bonds. The average molecular weight is 356 g/mol. The molecule has 0 saturated carbocycles. The lowest BCUT2D eigenvalue weighted by Crippen LogP contribution is -2.45. The summed E-state index contributed by atoms with van der Waals surface area (Å²) in [7, 11) is 0. The highest BCUT2D eigenvalue weighted by atomic mass is 127. The van der Waals surface area contributed by atoms with E-state index < -0.39 is 0 Å². The maximum Gasteiger partial charge on any atom is 0.0396 e. The van der Waals surface area contributed by atoms with Crippen LogP contribution < -0.4 is 5.32 Å². The molecule has 0 bridgehead atoms. The zero-order valence-electron chi connectivity index (χ0n) is 11.0. The van der Waals surface area contributed by atoms with Gasteiger partial charge in [-0.1, -0.05) is 23.8 Å². The highest BCUT2D eigenvalue weighted by Crippen LogP contribution is 2.30. The van der Waals surface area contributed by atoms with E-state index in [-0.39, 0.29) is 0 Å². The molecule has 0 unspecified atom stereocenters. The maximum absolute atomic E-state index is 4.10. The monoisotopic (exact) mass is 356 g/mol. The molecule has 2 rings (SSSR count). The minimum absolute atomic E-state index is 0.484. The first-order valence-electron chi connectivity index (χ1n) is 6.52. The smallest absolute Gasteiger partial charge is 0.0396 e. The molecule has 2 nitrogen and oxygen atoms in total. The van der Waals surface area contributed by atoms with Crippen LogP contribution in [0.4, 0.5) is 0 Å². The lowest BCUT2D eigenvalue weighted by molar-refractivity contribution is 0.172. The maximum atomic E-state index is 4.10. The van der Waals surface area contributed by atoms with Gasteiger partial charge in [-0.3, -0.25) is 4.90 Å². The van der Waals surface area contributed by atoms with Crippen LogP contribution in [0.15, 0.2) is 36.4 Å². The van der Waals surface area contributed by atoms with Crippen molar-refractivity contribution in [3.8, 4) is 0 Å². The number of nitrogens with one attached hydrogen (secondary N) is 1. The summed E-state index contributed by atoms with van der Waals surface area (Å²) in [5.74, 6) is 0. The summed E-state index contributed by atoms with van der Waals surface area (Å²) in [6, 6.07) is 9.20. The van der Waals surface area contributed by atoms with Gasteiger partial charge in [-0.05, 0) is 47.6 Å². The highest BCUT2D eigenvalue weighted by molar-refractivity contribution is 14.1. The minimum Gasteiger partial charge on any atom is -0.314 e. The highest BCUT2D eigenvalue weighted by Gasteiger charge is 2.23. The SMILES string of the molecule is C=C(C)C[C@@H](c1ccccc1I)N1CCNCC1. The Bertz CT molecular complexity index is 411. The Balaban J connectivity index is 2.24. The van der Waals surface area contributed by atoms with E-state index in [4.69, 9.17) is 0 Å². The van der Waals surface area contributed by atoms with Crippen molar-refractivity contribution in [1.29, 1.82) is 0 Å². The fourth-order valence-electron chi connectivity index (χ4n) is 2.50. The topological polar surface area (TPSA) is 15.3 Å². The molecule has 1 saturated heterocycles. The molecule has 1 aromatic carbocycles. The molecule has 3 heteroatoms. The Hall–Kier alpha value is -0.390. The first kappa shape index (κ1) is 14.0. The van der Waals surface area contributed by atoms with Gasteiger partial charge in [0, 0.05) is 35.8 Å². The first-order chi connectivity index (χ1) is 8.68. The van der Waals surface area contributed by atoms with E-state index in [0.717, 1.165) is 32.6 Å². The van der Waals surface area contributed by atoms with Crippen molar-refractivity contribution < 1.29 is 0 Å². The molecular formula is C15H21IN2. The first-order valence-corrected chi connectivity index (χ1v) is 7.60. The second-order valence-corrected chi connectivity index (χ2v) is 6.15. The fraction of sp³-hybridized carbons (Fsp3) is 0.467. The van der Waals surface area contributed by atoms with Crippen molar-refractivity contribution in [2.45, 2.75) is 19.4 Å². The molecule has 1 aromatic rings. The summed E-state index contributed by atoms with van der Waals surface area (Å²) in [6.45, 7) is 10.7. The van der Waals surface area contributed by atoms with Gasteiger partial charge in [0.15, 0.2) is 0 Å². The summed E-state index contributed by atoms with van der Waals surface area (Å²) in [5, 5.41) is 3.42. The summed E-state index contributed by atoms with van der Waals surface area (Å²) < 4.78 is 1.36. The predicted octanol–water partition coefficient (Wildman–Crippen LogP) is 3.20. The van der Waals surface area contributed by atoms with Gasteiger partial charge in [-0.25, -0.2) is 0 Å². The van der Waals surface area contributed by atoms with Crippen molar-refractivity contribution >= 4 is 22.6 Å². The number of halogens is 1. The fourth-order valence-corrected chi connectivity index (χ4v) is 3.25. The van der Waals surface area contributed by atoms with Gasteiger partial charge in [0.1, 0.15) is 0 Å². The molecule has 1 atom stereocenters. The predicted molar refractivity (Wildman–Crippen MR) is 85.8 cm³/mol. The lowest BCUT2D eigenvalue weighted by Gasteiger charge is -2.36. The van der Waals surface area contributed by atoms with Gasteiger partial charge in [0.05, 0.1) is 0 Å². The number of hydrogen-bond acceptors (Lipinski definition) is 2. The van der Waals surface area contributed by atoms with Crippen molar-refractivity contribution in [1.82, 2.24) is 10.2 Å². The van der Waals surface area contributed by atoms with Gasteiger partial charge in [0.2, 0.25) is 0 Å². The van der Waals surface area contributed by atoms with E-state index in [0.29, 0.717) is 6.04 Å². The molecular weight excluding hydrogens is 335 g/mol. The van der Waals surface area contributed by atoms with E-state index in [1.807, 2.05) is 0 Å². The summed E-state index contributed by atoms with van der Waals surface area (Å²) in [6.07, 6.45) is 1.06. The minimum atomic E-state index is 0.484. The zero-order valence-corrected chi connectivity index (χ0v) is 13.1. The molecule has 0 spiro atoms. The molecule has 18 heavy (non-hydrogen) atoms. The van der Waals surface area contributed by atoms with E-state index in [9.17, 15) is 0 Å². The van der Waals surface area contributed by atoms with Gasteiger partial charge in [-0.15, -0.1) is 6.58 Å². The van der Waals surface area contributed by atoms with Crippen LogP contribution in [0.25, 0.3) is 0 Å². The van der Waals surface area contributed by atoms with E-state index >= 15 is 0 Å². The number of nitrogens with zero attached hydrogens (tertiary/aromatic N) is 1. The van der Waals surface area contributed by atoms with Crippen molar-refractivity contribution in [2.75, 3.05) is 26.2 Å². The van der Waals surface area contributed by atoms with Gasteiger partial charge in [0.25, 0.3) is 0 Å². The third kappa shape index (κ3) is 3.56. The Morgan fingerprint density at radius 3 is 2.67 bits per heavy atom. The molecule has 1 fully saturated rings. The lowest BCUT2D eigenvalue weighted by atomic mass is 9.98. The Labute approximate surface area is 124 Å². The van der Waals surface area contributed by atoms with Crippen LogP contribution in [0.5, 0.6) is 0 Å². The van der Waals surface area contributed by atoms with Crippen LogP contribution in [-0.4, -0.2) is 31.1 Å². The second-order valence-electron chi connectivity index (χ2n) is 4.98. The zero-order chi connectivity index (χ0) is 13.0. The van der Waals surface area contributed by atoms with Crippen LogP contribution in [0, 0.1) is 3.57 Å². The number of hydrogen-bond donors (Lipinski definition) is 1. The van der Waals surface area contributed by atoms with Gasteiger partial charge in [-0.2, -0.15) is 0 Å². The Morgan fingerprint density at radius 1 is 1.39 bits per heavy atom. The van der Waals surface area contributed by atoms with E-state index in [1.165, 1.54) is 14.7 Å². The summed E-state index contributed by atoms with van der Waals surface area (Å²) in [5.41, 5.74) is 2.71. The number of piperazine rings is 1. The largest absolute Gasteiger partial charge is 0.314 e. The molecule has 98 valence electrons. The number of benzene rings is 1. The second kappa shape index (κ2) is 6.68. The summed E-state index contributed by atoms with van der Waals surface area (Å²) in [4.78, 5) is 2.59. The van der Waals surface area contributed by atoms with Crippen molar-refractivity contribution in [3.63, 3.8) is 0 Å². The molecule has 1 aliphatic rings. The molecule has 0 radical (unpaired) electrons. The molecule has 0 aromatic heterocycles. The molecule has 0 aliphatic carbocycles. The van der Waals surface area contributed by atoms with Crippen molar-refractivity contribution in [2.24, 2.45) is 0 Å². The molecule has 1 N–H and O–H groups in total. The van der Waals surface area contributed by atoms with Crippen LogP contribution in [0.3, 0.4) is 0 Å². The van der Waals surface area contributed by atoms with Crippen LogP contribution >= 0.6 is 22.6 Å². The summed E-state index contributed by atoms with van der Waals surface area (Å²) >= 11 is 2.45. The Morgan fingerprint density at radius 2 is 2.06 bits per heavy atom. The van der Waals surface area contributed by atoms with Gasteiger partial charge >= 0.3 is 0 Å². The van der Waals surface area contributed by atoms with Crippen LogP contribution in [0.1, 0.15) is 24.9 Å². The van der Waals surface area contributed by atoms with Crippen LogP contribution in [-0.2, 0) is 0 Å². The van der Waals surface area contributed by atoms with E-state index in [1.54, 1.807) is 0 Å². The molecule has 1 heterocycles. The third-order valence-corrected chi connectivity index (χ3v) is 4.38. The quantitative estimate of drug-likeness (QED) is 0.659. The van der Waals surface area contributed by atoms with Gasteiger partial charge < -0.3 is 5.32 Å². The van der Waals surface area contributed by atoms with Crippen molar-refractivity contribution in [3.05, 3.63) is 45.6 Å². The molecule has 1 aliphatic heterocycles.